The van der Waals surface area contributed by atoms with Crippen LogP contribution in [0.2, 0.25) is 0 Å². The third kappa shape index (κ3) is 4.43. The molecule has 0 bridgehead atoms. The molecule has 158 valence electrons. The Labute approximate surface area is 179 Å². The zero-order valence-electron chi connectivity index (χ0n) is 17.6. The van der Waals surface area contributed by atoms with Gasteiger partial charge >= 0.3 is 5.97 Å². The molecule has 30 heavy (non-hydrogen) atoms. The molecule has 1 aromatic carbocycles. The van der Waals surface area contributed by atoms with Gasteiger partial charge in [-0.2, -0.15) is 0 Å². The molecule has 7 nitrogen and oxygen atoms in total. The highest BCUT2D eigenvalue weighted by molar-refractivity contribution is 8.18. The fourth-order valence-electron chi connectivity index (χ4n) is 3.27. The smallest absolute Gasteiger partial charge is 0.326 e. The number of esters is 1. The standard InChI is InChI=1S/C22H24N2O5S/c1-13(2)29-20(25)12-23-21(26)19(30-22(23)27)11-16-10-14(3)24(15(16)4)17-6-8-18(28-5)9-7-17/h6-11,13H,12H2,1-5H3/b19-11-. The number of methoxy groups -OCH3 is 1. The molecule has 1 aliphatic heterocycles. The maximum Gasteiger partial charge on any atom is 0.326 e. The molecule has 0 saturated carbocycles. The van der Waals surface area contributed by atoms with E-state index < -0.39 is 17.1 Å². The van der Waals surface area contributed by atoms with Crippen LogP contribution in [-0.4, -0.2) is 46.3 Å². The number of rotatable bonds is 6. The molecule has 1 aromatic heterocycles. The van der Waals surface area contributed by atoms with Gasteiger partial charge in [0.05, 0.1) is 18.1 Å². The first-order chi connectivity index (χ1) is 14.2. The van der Waals surface area contributed by atoms with Crippen LogP contribution in [0.5, 0.6) is 5.75 Å². The Hall–Kier alpha value is -3.00. The van der Waals surface area contributed by atoms with Gasteiger partial charge in [-0.3, -0.25) is 19.3 Å². The lowest BCUT2D eigenvalue weighted by atomic mass is 10.2. The molecule has 2 amide bonds. The number of aromatic nitrogens is 1. The first kappa shape index (κ1) is 21.7. The second kappa shape index (κ2) is 8.79. The van der Waals surface area contributed by atoms with Gasteiger partial charge in [0.2, 0.25) is 0 Å². The van der Waals surface area contributed by atoms with Crippen LogP contribution in [0.3, 0.4) is 0 Å². The van der Waals surface area contributed by atoms with Crippen molar-refractivity contribution < 1.29 is 23.9 Å². The number of carbonyl (C=O) groups excluding carboxylic acids is 3. The molecule has 1 fully saturated rings. The van der Waals surface area contributed by atoms with E-state index in [0.717, 1.165) is 45.1 Å². The molecular formula is C22H24N2O5S. The normalized spacial score (nSPS) is 15.4. The predicted octanol–water partition coefficient (Wildman–Crippen LogP) is 4.09. The van der Waals surface area contributed by atoms with Crippen molar-refractivity contribution in [2.45, 2.75) is 33.8 Å². The second-order valence-electron chi connectivity index (χ2n) is 7.17. The quantitative estimate of drug-likeness (QED) is 0.509. The van der Waals surface area contributed by atoms with E-state index in [1.807, 2.05) is 44.2 Å². The molecule has 8 heteroatoms. The Balaban J connectivity index is 1.86. The van der Waals surface area contributed by atoms with Crippen molar-refractivity contribution in [2.75, 3.05) is 13.7 Å². The molecule has 1 aliphatic rings. The number of hydrogen-bond donors (Lipinski definition) is 0. The second-order valence-corrected chi connectivity index (χ2v) is 8.16. The van der Waals surface area contributed by atoms with Crippen LogP contribution in [0.15, 0.2) is 35.2 Å². The largest absolute Gasteiger partial charge is 0.497 e. The Kier molecular flexibility index (Phi) is 6.36. The van der Waals surface area contributed by atoms with Crippen LogP contribution >= 0.6 is 11.8 Å². The zero-order valence-corrected chi connectivity index (χ0v) is 18.4. The van der Waals surface area contributed by atoms with E-state index in [-0.39, 0.29) is 17.6 Å². The van der Waals surface area contributed by atoms with Crippen molar-refractivity contribution in [3.8, 4) is 11.4 Å². The molecule has 2 aromatic rings. The van der Waals surface area contributed by atoms with Gasteiger partial charge in [0.1, 0.15) is 12.3 Å². The van der Waals surface area contributed by atoms with E-state index in [9.17, 15) is 14.4 Å². The van der Waals surface area contributed by atoms with Gasteiger partial charge < -0.3 is 14.0 Å². The number of aryl methyl sites for hydroxylation is 1. The van der Waals surface area contributed by atoms with Gasteiger partial charge in [-0.1, -0.05) is 0 Å². The fourth-order valence-corrected chi connectivity index (χ4v) is 4.10. The van der Waals surface area contributed by atoms with Crippen molar-refractivity contribution in [2.24, 2.45) is 0 Å². The van der Waals surface area contributed by atoms with Crippen LogP contribution < -0.4 is 4.74 Å². The van der Waals surface area contributed by atoms with Crippen molar-refractivity contribution in [3.63, 3.8) is 0 Å². The molecule has 0 N–H and O–H groups in total. The third-order valence-corrected chi connectivity index (χ3v) is 5.52. The number of amides is 2. The van der Waals surface area contributed by atoms with Crippen molar-refractivity contribution >= 4 is 35.0 Å². The van der Waals surface area contributed by atoms with Gasteiger partial charge in [-0.25, -0.2) is 0 Å². The Bertz CT molecular complexity index is 1020. The molecule has 0 unspecified atom stereocenters. The Morgan fingerprint density at radius 2 is 1.83 bits per heavy atom. The van der Waals surface area contributed by atoms with Crippen LogP contribution in [0, 0.1) is 13.8 Å². The molecule has 3 rings (SSSR count). The lowest BCUT2D eigenvalue weighted by Crippen LogP contribution is -2.35. The minimum absolute atomic E-state index is 0.285. The monoisotopic (exact) mass is 428 g/mol. The van der Waals surface area contributed by atoms with Crippen LogP contribution in [0.1, 0.15) is 30.8 Å². The maximum atomic E-state index is 12.7. The molecule has 0 aliphatic carbocycles. The van der Waals surface area contributed by atoms with Gasteiger partial charge in [0, 0.05) is 17.1 Å². The number of carbonyl (C=O) groups is 3. The van der Waals surface area contributed by atoms with Gasteiger partial charge in [0.15, 0.2) is 0 Å². The summed E-state index contributed by atoms with van der Waals surface area (Å²) in [6.45, 7) is 6.97. The summed E-state index contributed by atoms with van der Waals surface area (Å²) in [6, 6.07) is 9.64. The molecule has 2 heterocycles. The van der Waals surface area contributed by atoms with E-state index in [0.29, 0.717) is 0 Å². The summed E-state index contributed by atoms with van der Waals surface area (Å²) in [5.74, 6) is -0.322. The van der Waals surface area contributed by atoms with E-state index >= 15 is 0 Å². The Morgan fingerprint density at radius 3 is 2.43 bits per heavy atom. The summed E-state index contributed by atoms with van der Waals surface area (Å²) in [6.07, 6.45) is 1.39. The molecular weight excluding hydrogens is 404 g/mol. The average Bonchev–Trinajstić information content (AvgIpc) is 3.11. The van der Waals surface area contributed by atoms with E-state index in [4.69, 9.17) is 9.47 Å². The summed E-state index contributed by atoms with van der Waals surface area (Å²) in [7, 11) is 1.62. The summed E-state index contributed by atoms with van der Waals surface area (Å²) >= 11 is 0.827. The lowest BCUT2D eigenvalue weighted by Gasteiger charge is -2.13. The summed E-state index contributed by atoms with van der Waals surface area (Å²) < 4.78 is 12.3. The first-order valence-electron chi connectivity index (χ1n) is 9.49. The van der Waals surface area contributed by atoms with E-state index in [2.05, 4.69) is 4.57 Å². The van der Waals surface area contributed by atoms with E-state index in [1.165, 1.54) is 0 Å². The number of benzene rings is 1. The van der Waals surface area contributed by atoms with Crippen LogP contribution in [-0.2, 0) is 14.3 Å². The summed E-state index contributed by atoms with van der Waals surface area (Å²) in [5.41, 5.74) is 3.72. The third-order valence-electron chi connectivity index (χ3n) is 4.62. The number of hydrogen-bond acceptors (Lipinski definition) is 6. The number of imide groups is 1. The minimum Gasteiger partial charge on any atom is -0.497 e. The molecule has 1 saturated heterocycles. The lowest BCUT2D eigenvalue weighted by molar-refractivity contribution is -0.149. The topological polar surface area (TPSA) is 77.8 Å². The number of ether oxygens (including phenoxy) is 2. The summed E-state index contributed by atoms with van der Waals surface area (Å²) in [5, 5.41) is -0.476. The van der Waals surface area contributed by atoms with Crippen LogP contribution in [0.25, 0.3) is 11.8 Å². The Morgan fingerprint density at radius 1 is 1.17 bits per heavy atom. The van der Waals surface area contributed by atoms with Crippen LogP contribution in [0.4, 0.5) is 4.79 Å². The number of nitrogens with zero attached hydrogens (tertiary/aromatic N) is 2. The highest BCUT2D eigenvalue weighted by atomic mass is 32.2. The average molecular weight is 429 g/mol. The maximum absolute atomic E-state index is 12.7. The highest BCUT2D eigenvalue weighted by Gasteiger charge is 2.37. The number of thioether (sulfide) groups is 1. The molecule has 0 spiro atoms. The summed E-state index contributed by atoms with van der Waals surface area (Å²) in [4.78, 5) is 38.0. The zero-order chi connectivity index (χ0) is 22.0. The van der Waals surface area contributed by atoms with E-state index in [1.54, 1.807) is 27.0 Å². The first-order valence-corrected chi connectivity index (χ1v) is 10.3. The van der Waals surface area contributed by atoms with Gasteiger partial charge in [-0.05, 0) is 81.4 Å². The molecule has 0 radical (unpaired) electrons. The minimum atomic E-state index is -0.605. The van der Waals surface area contributed by atoms with Crippen molar-refractivity contribution in [3.05, 3.63) is 52.2 Å². The predicted molar refractivity (Wildman–Crippen MR) is 116 cm³/mol. The van der Waals surface area contributed by atoms with Crippen molar-refractivity contribution in [1.82, 2.24) is 9.47 Å². The van der Waals surface area contributed by atoms with Gasteiger partial charge in [-0.15, -0.1) is 0 Å². The molecule has 0 atom stereocenters. The van der Waals surface area contributed by atoms with Gasteiger partial charge in [0.25, 0.3) is 11.1 Å². The van der Waals surface area contributed by atoms with Crippen molar-refractivity contribution in [1.29, 1.82) is 0 Å². The fraction of sp³-hybridized carbons (Fsp3) is 0.318. The SMILES string of the molecule is COc1ccc(-n2c(C)cc(/C=C3\SC(=O)N(CC(=O)OC(C)C)C3=O)c2C)cc1. The highest BCUT2D eigenvalue weighted by Crippen LogP contribution is 2.33.